The highest BCUT2D eigenvalue weighted by atomic mass is 33.1. The molecule has 18 heavy (non-hydrogen) atoms. The Labute approximate surface area is 120 Å². The molecule has 0 amide bonds. The highest BCUT2D eigenvalue weighted by Crippen LogP contribution is 2.23. The van der Waals surface area contributed by atoms with Gasteiger partial charge < -0.3 is 4.74 Å². The van der Waals surface area contributed by atoms with E-state index in [0.717, 1.165) is 18.3 Å². The van der Waals surface area contributed by atoms with E-state index in [1.54, 1.807) is 10.8 Å². The summed E-state index contributed by atoms with van der Waals surface area (Å²) in [6.07, 6.45) is 4.11. The van der Waals surface area contributed by atoms with Crippen LogP contribution in [0.2, 0.25) is 0 Å². The van der Waals surface area contributed by atoms with Gasteiger partial charge in [-0.1, -0.05) is 55.7 Å². The molecule has 0 heterocycles. The molecule has 0 fully saturated rings. The molecule has 0 radical (unpaired) electrons. The second-order valence-electron chi connectivity index (χ2n) is 5.23. The van der Waals surface area contributed by atoms with Crippen molar-refractivity contribution in [3.05, 3.63) is 0 Å². The maximum atomic E-state index is 11.3. The zero-order chi connectivity index (χ0) is 13.8. The van der Waals surface area contributed by atoms with E-state index in [2.05, 4.69) is 13.8 Å². The quantitative estimate of drug-likeness (QED) is 0.294. The van der Waals surface area contributed by atoms with Crippen LogP contribution in [0.4, 0.5) is 0 Å². The fourth-order valence-electron chi connectivity index (χ4n) is 1.37. The predicted octanol–water partition coefficient (Wildman–Crippen LogP) is 4.78. The number of carbonyl (C=O) groups excluding carboxylic acids is 1. The SMILES string of the molecule is CC(C)CCCSSCOCCCC(=O)C(C)C. The van der Waals surface area contributed by atoms with Crippen molar-refractivity contribution in [3.63, 3.8) is 0 Å². The maximum absolute atomic E-state index is 11.3. The Morgan fingerprint density at radius 3 is 2.44 bits per heavy atom. The van der Waals surface area contributed by atoms with Crippen molar-refractivity contribution >= 4 is 27.4 Å². The molecule has 0 aromatic carbocycles. The topological polar surface area (TPSA) is 26.3 Å². The molecule has 0 rings (SSSR count). The smallest absolute Gasteiger partial charge is 0.135 e. The summed E-state index contributed by atoms with van der Waals surface area (Å²) in [7, 11) is 3.67. The van der Waals surface area contributed by atoms with Crippen LogP contribution in [0.3, 0.4) is 0 Å². The van der Waals surface area contributed by atoms with E-state index in [1.165, 1.54) is 18.6 Å². The van der Waals surface area contributed by atoms with E-state index in [1.807, 2.05) is 24.6 Å². The molecule has 0 aliphatic rings. The van der Waals surface area contributed by atoms with Crippen molar-refractivity contribution in [2.45, 2.75) is 53.4 Å². The van der Waals surface area contributed by atoms with Crippen molar-refractivity contribution in [3.8, 4) is 0 Å². The average Bonchev–Trinajstić information content (AvgIpc) is 2.30. The Hall–Kier alpha value is 0.330. The lowest BCUT2D eigenvalue weighted by Crippen LogP contribution is -2.07. The van der Waals surface area contributed by atoms with Gasteiger partial charge in [-0.15, -0.1) is 0 Å². The van der Waals surface area contributed by atoms with Crippen molar-refractivity contribution in [1.29, 1.82) is 0 Å². The Balaban J connectivity index is 3.10. The van der Waals surface area contributed by atoms with Crippen LogP contribution >= 0.6 is 21.6 Å². The third kappa shape index (κ3) is 12.8. The molecule has 0 aromatic heterocycles. The van der Waals surface area contributed by atoms with Crippen LogP contribution in [0.5, 0.6) is 0 Å². The van der Waals surface area contributed by atoms with Gasteiger partial charge in [0.1, 0.15) is 11.7 Å². The molecule has 0 bridgehead atoms. The van der Waals surface area contributed by atoms with Crippen LogP contribution in [0.1, 0.15) is 53.4 Å². The molecule has 0 spiro atoms. The second kappa shape index (κ2) is 12.4. The van der Waals surface area contributed by atoms with Gasteiger partial charge in [0.15, 0.2) is 0 Å². The van der Waals surface area contributed by atoms with Crippen LogP contribution in [0.25, 0.3) is 0 Å². The molecule has 0 aliphatic carbocycles. The van der Waals surface area contributed by atoms with E-state index in [0.29, 0.717) is 18.8 Å². The monoisotopic (exact) mass is 292 g/mol. The Bertz CT molecular complexity index is 206. The van der Waals surface area contributed by atoms with Gasteiger partial charge >= 0.3 is 0 Å². The molecule has 0 saturated carbocycles. The number of ether oxygens (including phenoxy) is 1. The molecule has 0 aromatic rings. The zero-order valence-electron chi connectivity index (χ0n) is 12.2. The Kier molecular flexibility index (Phi) is 12.6. The van der Waals surface area contributed by atoms with Gasteiger partial charge in [-0.3, -0.25) is 4.79 Å². The fourth-order valence-corrected chi connectivity index (χ4v) is 3.15. The van der Waals surface area contributed by atoms with Gasteiger partial charge in [-0.2, -0.15) is 0 Å². The summed E-state index contributed by atoms with van der Waals surface area (Å²) in [6, 6.07) is 0. The van der Waals surface area contributed by atoms with Crippen molar-refractivity contribution in [2.24, 2.45) is 11.8 Å². The summed E-state index contributed by atoms with van der Waals surface area (Å²) >= 11 is 0. The highest BCUT2D eigenvalue weighted by Gasteiger charge is 2.05. The number of rotatable bonds is 12. The van der Waals surface area contributed by atoms with E-state index in [4.69, 9.17) is 4.74 Å². The van der Waals surface area contributed by atoms with E-state index in [9.17, 15) is 4.79 Å². The van der Waals surface area contributed by atoms with Crippen LogP contribution in [-0.4, -0.2) is 24.1 Å². The summed E-state index contributed by atoms with van der Waals surface area (Å²) in [6.45, 7) is 9.14. The number of hydrogen-bond donors (Lipinski definition) is 0. The van der Waals surface area contributed by atoms with Crippen LogP contribution in [0.15, 0.2) is 0 Å². The van der Waals surface area contributed by atoms with E-state index >= 15 is 0 Å². The largest absolute Gasteiger partial charge is 0.370 e. The molecule has 0 atom stereocenters. The lowest BCUT2D eigenvalue weighted by Gasteiger charge is -2.06. The van der Waals surface area contributed by atoms with Gasteiger partial charge in [-0.05, 0) is 18.8 Å². The normalized spacial score (nSPS) is 11.4. The van der Waals surface area contributed by atoms with E-state index in [-0.39, 0.29) is 5.92 Å². The summed E-state index contributed by atoms with van der Waals surface area (Å²) in [5.41, 5.74) is 0. The van der Waals surface area contributed by atoms with Crippen LogP contribution < -0.4 is 0 Å². The van der Waals surface area contributed by atoms with Crippen LogP contribution in [-0.2, 0) is 9.53 Å². The molecule has 0 unspecified atom stereocenters. The number of hydrogen-bond acceptors (Lipinski definition) is 4. The number of carbonyl (C=O) groups is 1. The minimum atomic E-state index is 0.163. The first kappa shape index (κ1) is 18.3. The highest BCUT2D eigenvalue weighted by molar-refractivity contribution is 8.76. The van der Waals surface area contributed by atoms with E-state index < -0.39 is 0 Å². The minimum Gasteiger partial charge on any atom is -0.370 e. The first-order chi connectivity index (χ1) is 8.54. The van der Waals surface area contributed by atoms with Crippen molar-refractivity contribution in [1.82, 2.24) is 0 Å². The number of Topliss-reactive ketones (excluding diaryl/α,β-unsaturated/α-hetero) is 1. The molecule has 2 nitrogen and oxygen atoms in total. The van der Waals surface area contributed by atoms with Gasteiger partial charge in [0.2, 0.25) is 0 Å². The third-order valence-corrected chi connectivity index (χ3v) is 4.75. The Morgan fingerprint density at radius 2 is 1.83 bits per heavy atom. The molecule has 108 valence electrons. The lowest BCUT2D eigenvalue weighted by atomic mass is 10.1. The van der Waals surface area contributed by atoms with Crippen molar-refractivity contribution < 1.29 is 9.53 Å². The second-order valence-corrected chi connectivity index (χ2v) is 7.76. The van der Waals surface area contributed by atoms with Gasteiger partial charge in [0.25, 0.3) is 0 Å². The molecular weight excluding hydrogens is 264 g/mol. The van der Waals surface area contributed by atoms with Gasteiger partial charge in [-0.25, -0.2) is 0 Å². The summed E-state index contributed by atoms with van der Waals surface area (Å²) in [5, 5.41) is 0. The van der Waals surface area contributed by atoms with Crippen LogP contribution in [0, 0.1) is 11.8 Å². The number of ketones is 1. The first-order valence-corrected chi connectivity index (χ1v) is 9.37. The zero-order valence-corrected chi connectivity index (χ0v) is 13.9. The average molecular weight is 293 g/mol. The molecule has 0 saturated heterocycles. The molecule has 0 aliphatic heterocycles. The Morgan fingerprint density at radius 1 is 1.11 bits per heavy atom. The first-order valence-electron chi connectivity index (χ1n) is 6.89. The fraction of sp³-hybridized carbons (Fsp3) is 0.929. The van der Waals surface area contributed by atoms with Gasteiger partial charge in [0, 0.05) is 24.7 Å². The van der Waals surface area contributed by atoms with Crippen molar-refractivity contribution in [2.75, 3.05) is 18.3 Å². The summed E-state index contributed by atoms with van der Waals surface area (Å²) in [5.74, 6) is 3.26. The molecule has 4 heteroatoms. The molecular formula is C14H28O2S2. The molecule has 0 N–H and O–H groups in total. The minimum absolute atomic E-state index is 0.163. The summed E-state index contributed by atoms with van der Waals surface area (Å²) in [4.78, 5) is 11.3. The summed E-state index contributed by atoms with van der Waals surface area (Å²) < 4.78 is 5.48. The standard InChI is InChI=1S/C14H28O2S2/c1-12(2)7-6-10-17-18-11-16-9-5-8-14(15)13(3)4/h12-13H,5-11H2,1-4H3. The van der Waals surface area contributed by atoms with Gasteiger partial charge in [0.05, 0.1) is 0 Å². The predicted molar refractivity (Wildman–Crippen MR) is 84.0 cm³/mol. The lowest BCUT2D eigenvalue weighted by molar-refractivity contribution is -0.122. The third-order valence-electron chi connectivity index (χ3n) is 2.58. The maximum Gasteiger partial charge on any atom is 0.135 e.